The average molecular weight is 270 g/mol. The maximum Gasteiger partial charge on any atom is 0.137 e. The van der Waals surface area contributed by atoms with Crippen LogP contribution in [0.1, 0.15) is 25.3 Å². The standard InChI is InChI=1S/C16H22N4/c1-3-20-9-5-7-13(20)10-17-16-15-12(2)6-4-8-14(15)18-11-19-16/h4,6,8,11,13H,3,5,7,9-10H2,1-2H3,(H,17,18,19). The molecule has 1 atom stereocenters. The Balaban J connectivity index is 1.81. The fourth-order valence-electron chi connectivity index (χ4n) is 3.17. The number of aromatic nitrogens is 2. The molecule has 2 heterocycles. The number of hydrogen-bond acceptors (Lipinski definition) is 4. The Morgan fingerprint density at radius 2 is 2.25 bits per heavy atom. The van der Waals surface area contributed by atoms with Crippen LogP contribution in [0.5, 0.6) is 0 Å². The van der Waals surface area contributed by atoms with Gasteiger partial charge in [-0.2, -0.15) is 0 Å². The first-order valence-electron chi connectivity index (χ1n) is 7.48. The van der Waals surface area contributed by atoms with E-state index in [9.17, 15) is 0 Å². The number of nitrogens with zero attached hydrogens (tertiary/aromatic N) is 3. The number of anilines is 1. The first kappa shape index (κ1) is 13.3. The topological polar surface area (TPSA) is 41.0 Å². The molecular formula is C16H22N4. The number of likely N-dealkylation sites (tertiary alicyclic amines) is 1. The van der Waals surface area contributed by atoms with E-state index in [0.29, 0.717) is 6.04 Å². The summed E-state index contributed by atoms with van der Waals surface area (Å²) < 4.78 is 0. The third kappa shape index (κ3) is 2.48. The molecule has 1 unspecified atom stereocenters. The number of aryl methyl sites for hydroxylation is 1. The normalized spacial score (nSPS) is 19.6. The Bertz CT molecular complexity index is 591. The van der Waals surface area contributed by atoms with Crippen molar-refractivity contribution < 1.29 is 0 Å². The Labute approximate surface area is 120 Å². The summed E-state index contributed by atoms with van der Waals surface area (Å²) >= 11 is 0. The molecule has 1 aliphatic rings. The van der Waals surface area contributed by atoms with Crippen molar-refractivity contribution in [2.45, 2.75) is 32.7 Å². The van der Waals surface area contributed by atoms with Gasteiger partial charge in [-0.15, -0.1) is 0 Å². The lowest BCUT2D eigenvalue weighted by atomic mass is 10.1. The molecule has 0 spiro atoms. The molecule has 1 fully saturated rings. The van der Waals surface area contributed by atoms with E-state index in [1.165, 1.54) is 24.9 Å². The number of benzene rings is 1. The van der Waals surface area contributed by atoms with Crippen LogP contribution in [0.15, 0.2) is 24.5 Å². The highest BCUT2D eigenvalue weighted by atomic mass is 15.2. The van der Waals surface area contributed by atoms with Crippen LogP contribution in [-0.2, 0) is 0 Å². The van der Waals surface area contributed by atoms with E-state index in [1.54, 1.807) is 6.33 Å². The van der Waals surface area contributed by atoms with Crippen LogP contribution in [0.25, 0.3) is 10.9 Å². The lowest BCUT2D eigenvalue weighted by Crippen LogP contribution is -2.34. The van der Waals surface area contributed by atoms with Gasteiger partial charge < -0.3 is 5.32 Å². The summed E-state index contributed by atoms with van der Waals surface area (Å²) in [6.45, 7) is 7.68. The summed E-state index contributed by atoms with van der Waals surface area (Å²) in [5.74, 6) is 0.969. The van der Waals surface area contributed by atoms with Crippen LogP contribution in [-0.4, -0.2) is 40.5 Å². The zero-order chi connectivity index (χ0) is 13.9. The van der Waals surface area contributed by atoms with E-state index in [-0.39, 0.29) is 0 Å². The predicted molar refractivity (Wildman–Crippen MR) is 83.0 cm³/mol. The molecule has 106 valence electrons. The number of nitrogens with one attached hydrogen (secondary N) is 1. The Morgan fingerprint density at radius 3 is 3.10 bits per heavy atom. The van der Waals surface area contributed by atoms with Gasteiger partial charge in [0.1, 0.15) is 12.1 Å². The minimum Gasteiger partial charge on any atom is -0.368 e. The minimum absolute atomic E-state index is 0.633. The Morgan fingerprint density at radius 1 is 1.35 bits per heavy atom. The van der Waals surface area contributed by atoms with Crippen LogP contribution < -0.4 is 5.32 Å². The number of hydrogen-bond donors (Lipinski definition) is 1. The van der Waals surface area contributed by atoms with Crippen molar-refractivity contribution in [3.05, 3.63) is 30.1 Å². The highest BCUT2D eigenvalue weighted by Gasteiger charge is 2.22. The fourth-order valence-corrected chi connectivity index (χ4v) is 3.17. The van der Waals surface area contributed by atoms with Crippen molar-refractivity contribution in [3.63, 3.8) is 0 Å². The first-order valence-corrected chi connectivity index (χ1v) is 7.48. The number of likely N-dealkylation sites (N-methyl/N-ethyl adjacent to an activating group) is 1. The fraction of sp³-hybridized carbons (Fsp3) is 0.500. The molecule has 1 aliphatic heterocycles. The molecule has 20 heavy (non-hydrogen) atoms. The molecule has 4 heteroatoms. The second-order valence-corrected chi connectivity index (χ2v) is 5.50. The molecule has 0 aliphatic carbocycles. The van der Waals surface area contributed by atoms with Crippen LogP contribution in [0, 0.1) is 6.92 Å². The van der Waals surface area contributed by atoms with Gasteiger partial charge in [0.05, 0.1) is 5.52 Å². The second kappa shape index (κ2) is 5.75. The highest BCUT2D eigenvalue weighted by Crippen LogP contribution is 2.24. The van der Waals surface area contributed by atoms with Gasteiger partial charge in [-0.25, -0.2) is 9.97 Å². The second-order valence-electron chi connectivity index (χ2n) is 5.50. The molecule has 3 rings (SSSR count). The van der Waals surface area contributed by atoms with Gasteiger partial charge in [0.25, 0.3) is 0 Å². The largest absolute Gasteiger partial charge is 0.368 e. The van der Waals surface area contributed by atoms with Gasteiger partial charge in [0.2, 0.25) is 0 Å². The zero-order valence-electron chi connectivity index (χ0n) is 12.3. The monoisotopic (exact) mass is 270 g/mol. The molecule has 0 amide bonds. The van der Waals surface area contributed by atoms with Crippen molar-refractivity contribution in [2.75, 3.05) is 25.0 Å². The van der Waals surface area contributed by atoms with Crippen molar-refractivity contribution in [3.8, 4) is 0 Å². The van der Waals surface area contributed by atoms with E-state index in [0.717, 1.165) is 29.8 Å². The Kier molecular flexibility index (Phi) is 3.83. The molecule has 0 radical (unpaired) electrons. The third-order valence-electron chi connectivity index (χ3n) is 4.28. The Hall–Kier alpha value is -1.68. The summed E-state index contributed by atoms with van der Waals surface area (Å²) in [7, 11) is 0. The van der Waals surface area contributed by atoms with Crippen LogP contribution in [0.4, 0.5) is 5.82 Å². The van der Waals surface area contributed by atoms with Gasteiger partial charge >= 0.3 is 0 Å². The number of fused-ring (bicyclic) bond motifs is 1. The van der Waals surface area contributed by atoms with Crippen molar-refractivity contribution in [1.82, 2.24) is 14.9 Å². The van der Waals surface area contributed by atoms with E-state index >= 15 is 0 Å². The van der Waals surface area contributed by atoms with Gasteiger partial charge in [-0.3, -0.25) is 4.90 Å². The maximum absolute atomic E-state index is 4.44. The molecular weight excluding hydrogens is 248 g/mol. The molecule has 1 aromatic heterocycles. The molecule has 4 nitrogen and oxygen atoms in total. The van der Waals surface area contributed by atoms with E-state index in [2.05, 4.69) is 40.1 Å². The van der Waals surface area contributed by atoms with E-state index in [1.807, 2.05) is 12.1 Å². The van der Waals surface area contributed by atoms with Gasteiger partial charge in [-0.1, -0.05) is 19.1 Å². The highest BCUT2D eigenvalue weighted by molar-refractivity contribution is 5.91. The van der Waals surface area contributed by atoms with Crippen LogP contribution in [0.3, 0.4) is 0 Å². The van der Waals surface area contributed by atoms with Crippen molar-refractivity contribution >= 4 is 16.7 Å². The minimum atomic E-state index is 0.633. The van der Waals surface area contributed by atoms with Crippen molar-refractivity contribution in [1.29, 1.82) is 0 Å². The molecule has 1 saturated heterocycles. The zero-order valence-corrected chi connectivity index (χ0v) is 12.3. The summed E-state index contributed by atoms with van der Waals surface area (Å²) in [6, 6.07) is 6.84. The third-order valence-corrected chi connectivity index (χ3v) is 4.28. The van der Waals surface area contributed by atoms with Crippen LogP contribution in [0.2, 0.25) is 0 Å². The van der Waals surface area contributed by atoms with Gasteiger partial charge in [0, 0.05) is 18.0 Å². The maximum atomic E-state index is 4.44. The lowest BCUT2D eigenvalue weighted by molar-refractivity contribution is 0.277. The summed E-state index contributed by atoms with van der Waals surface area (Å²) in [6.07, 6.45) is 4.24. The molecule has 1 N–H and O–H groups in total. The first-order chi connectivity index (χ1) is 9.79. The average Bonchev–Trinajstić information content (AvgIpc) is 2.92. The number of rotatable bonds is 4. The van der Waals surface area contributed by atoms with Gasteiger partial charge in [-0.05, 0) is 44.5 Å². The van der Waals surface area contributed by atoms with E-state index < -0.39 is 0 Å². The summed E-state index contributed by atoms with van der Waals surface area (Å²) in [5.41, 5.74) is 2.24. The SMILES string of the molecule is CCN1CCCC1CNc1ncnc2cccc(C)c12. The van der Waals surface area contributed by atoms with Crippen molar-refractivity contribution in [2.24, 2.45) is 0 Å². The smallest absolute Gasteiger partial charge is 0.137 e. The van der Waals surface area contributed by atoms with Crippen LogP contribution >= 0.6 is 0 Å². The summed E-state index contributed by atoms with van der Waals surface area (Å²) in [4.78, 5) is 11.3. The molecule has 1 aromatic carbocycles. The molecule has 0 bridgehead atoms. The van der Waals surface area contributed by atoms with Gasteiger partial charge in [0.15, 0.2) is 0 Å². The van der Waals surface area contributed by atoms with E-state index in [4.69, 9.17) is 0 Å². The molecule has 2 aromatic rings. The summed E-state index contributed by atoms with van der Waals surface area (Å²) in [5, 5.41) is 4.69. The lowest BCUT2D eigenvalue weighted by Gasteiger charge is -2.23. The molecule has 0 saturated carbocycles. The predicted octanol–water partition coefficient (Wildman–Crippen LogP) is 2.83. The quantitative estimate of drug-likeness (QED) is 0.927.